The number of aromatic nitrogens is 1. The lowest BCUT2D eigenvalue weighted by Gasteiger charge is -2.21. The monoisotopic (exact) mass is 292 g/mol. The normalized spacial score (nSPS) is 10.8. The van der Waals surface area contributed by atoms with Crippen molar-refractivity contribution in [1.29, 1.82) is 0 Å². The highest BCUT2D eigenvalue weighted by Gasteiger charge is 2.13. The van der Waals surface area contributed by atoms with E-state index in [2.05, 4.69) is 29.0 Å². The van der Waals surface area contributed by atoms with Gasteiger partial charge in [0.2, 0.25) is 5.91 Å². The summed E-state index contributed by atoms with van der Waals surface area (Å²) in [5.41, 5.74) is 2.14. The molecule has 112 valence electrons. The summed E-state index contributed by atoms with van der Waals surface area (Å²) in [7, 11) is 0. The SMILES string of the molecule is CCN(C(=O)CCn1ccc2ccccc21)c1ccccc1. The molecule has 0 radical (unpaired) electrons. The van der Waals surface area contributed by atoms with Crippen molar-refractivity contribution in [2.45, 2.75) is 19.9 Å². The van der Waals surface area contributed by atoms with Crippen LogP contribution in [0.2, 0.25) is 0 Å². The summed E-state index contributed by atoms with van der Waals surface area (Å²) in [6, 6.07) is 20.2. The average molecular weight is 292 g/mol. The van der Waals surface area contributed by atoms with Gasteiger partial charge in [-0.1, -0.05) is 36.4 Å². The van der Waals surface area contributed by atoms with E-state index in [0.29, 0.717) is 19.5 Å². The van der Waals surface area contributed by atoms with Crippen LogP contribution in [0.15, 0.2) is 66.9 Å². The van der Waals surface area contributed by atoms with E-state index < -0.39 is 0 Å². The minimum Gasteiger partial charge on any atom is -0.347 e. The molecular weight excluding hydrogens is 272 g/mol. The van der Waals surface area contributed by atoms with Crippen molar-refractivity contribution in [2.24, 2.45) is 0 Å². The van der Waals surface area contributed by atoms with Crippen molar-refractivity contribution in [2.75, 3.05) is 11.4 Å². The van der Waals surface area contributed by atoms with Crippen LogP contribution >= 0.6 is 0 Å². The Balaban J connectivity index is 1.71. The zero-order valence-electron chi connectivity index (χ0n) is 12.8. The predicted molar refractivity (Wildman–Crippen MR) is 91.0 cm³/mol. The zero-order valence-corrected chi connectivity index (χ0v) is 12.8. The van der Waals surface area contributed by atoms with Crippen LogP contribution in [0.3, 0.4) is 0 Å². The van der Waals surface area contributed by atoms with Crippen LogP contribution in [0, 0.1) is 0 Å². The first-order chi connectivity index (χ1) is 10.8. The number of para-hydroxylation sites is 2. The molecule has 0 spiro atoms. The summed E-state index contributed by atoms with van der Waals surface area (Å²) in [5.74, 6) is 0.159. The summed E-state index contributed by atoms with van der Waals surface area (Å²) in [6.45, 7) is 3.40. The highest BCUT2D eigenvalue weighted by atomic mass is 16.2. The molecule has 3 nitrogen and oxygen atoms in total. The van der Waals surface area contributed by atoms with Crippen LogP contribution in [0.1, 0.15) is 13.3 Å². The van der Waals surface area contributed by atoms with Crippen molar-refractivity contribution in [1.82, 2.24) is 4.57 Å². The Morgan fingerprint density at radius 1 is 1.00 bits per heavy atom. The Kier molecular flexibility index (Phi) is 4.24. The summed E-state index contributed by atoms with van der Waals surface area (Å²) < 4.78 is 2.14. The molecule has 0 atom stereocenters. The van der Waals surface area contributed by atoms with Gasteiger partial charge in [0.05, 0.1) is 0 Å². The van der Waals surface area contributed by atoms with Gasteiger partial charge in [-0.05, 0) is 36.6 Å². The van der Waals surface area contributed by atoms with Gasteiger partial charge in [-0.25, -0.2) is 0 Å². The lowest BCUT2D eigenvalue weighted by atomic mass is 10.2. The number of hydrogen-bond acceptors (Lipinski definition) is 1. The number of amides is 1. The average Bonchev–Trinajstić information content (AvgIpc) is 2.98. The molecular formula is C19H20N2O. The fraction of sp³-hybridized carbons (Fsp3) is 0.211. The van der Waals surface area contributed by atoms with Crippen molar-refractivity contribution in [3.05, 3.63) is 66.9 Å². The Hall–Kier alpha value is -2.55. The van der Waals surface area contributed by atoms with Crippen molar-refractivity contribution in [3.63, 3.8) is 0 Å². The quantitative estimate of drug-likeness (QED) is 0.695. The molecule has 0 fully saturated rings. The number of rotatable bonds is 5. The van der Waals surface area contributed by atoms with E-state index in [-0.39, 0.29) is 5.91 Å². The number of aryl methyl sites for hydroxylation is 1. The molecule has 0 saturated heterocycles. The van der Waals surface area contributed by atoms with Gasteiger partial charge in [-0.2, -0.15) is 0 Å². The lowest BCUT2D eigenvalue weighted by molar-refractivity contribution is -0.118. The second-order valence-corrected chi connectivity index (χ2v) is 5.29. The van der Waals surface area contributed by atoms with E-state index in [1.807, 2.05) is 54.3 Å². The summed E-state index contributed by atoms with van der Waals surface area (Å²) in [5, 5.41) is 1.21. The molecule has 3 aromatic rings. The minimum absolute atomic E-state index is 0.159. The van der Waals surface area contributed by atoms with Gasteiger partial charge in [0.15, 0.2) is 0 Å². The summed E-state index contributed by atoms with van der Waals surface area (Å²) >= 11 is 0. The van der Waals surface area contributed by atoms with Gasteiger partial charge < -0.3 is 9.47 Å². The van der Waals surface area contributed by atoms with Gasteiger partial charge in [0.1, 0.15) is 0 Å². The maximum absolute atomic E-state index is 12.5. The number of carbonyl (C=O) groups excluding carboxylic acids is 1. The highest BCUT2D eigenvalue weighted by Crippen LogP contribution is 2.17. The van der Waals surface area contributed by atoms with E-state index >= 15 is 0 Å². The fourth-order valence-corrected chi connectivity index (χ4v) is 2.80. The maximum atomic E-state index is 12.5. The molecule has 0 unspecified atom stereocenters. The molecule has 2 aromatic carbocycles. The Morgan fingerprint density at radius 2 is 1.73 bits per heavy atom. The second-order valence-electron chi connectivity index (χ2n) is 5.29. The zero-order chi connectivity index (χ0) is 15.4. The smallest absolute Gasteiger partial charge is 0.228 e. The van der Waals surface area contributed by atoms with Gasteiger partial charge in [-0.3, -0.25) is 4.79 Å². The molecule has 0 aliphatic carbocycles. The fourth-order valence-electron chi connectivity index (χ4n) is 2.80. The Bertz CT molecular complexity index is 761. The van der Waals surface area contributed by atoms with E-state index in [1.54, 1.807) is 0 Å². The topological polar surface area (TPSA) is 25.2 Å². The van der Waals surface area contributed by atoms with E-state index in [4.69, 9.17) is 0 Å². The Morgan fingerprint density at radius 3 is 2.50 bits per heavy atom. The van der Waals surface area contributed by atoms with Crippen LogP contribution in [0.5, 0.6) is 0 Å². The van der Waals surface area contributed by atoms with E-state index in [9.17, 15) is 4.79 Å². The highest BCUT2D eigenvalue weighted by molar-refractivity contribution is 5.93. The van der Waals surface area contributed by atoms with Gasteiger partial charge in [0.25, 0.3) is 0 Å². The Labute approximate surface area is 130 Å². The first-order valence-corrected chi connectivity index (χ1v) is 7.69. The number of fused-ring (bicyclic) bond motifs is 1. The number of carbonyl (C=O) groups is 1. The molecule has 1 amide bonds. The molecule has 0 N–H and O–H groups in total. The van der Waals surface area contributed by atoms with Crippen molar-refractivity contribution >= 4 is 22.5 Å². The molecule has 0 saturated carbocycles. The second kappa shape index (κ2) is 6.48. The number of nitrogens with zero attached hydrogens (tertiary/aromatic N) is 2. The van der Waals surface area contributed by atoms with Crippen molar-refractivity contribution in [3.8, 4) is 0 Å². The third-order valence-corrected chi connectivity index (χ3v) is 3.93. The third-order valence-electron chi connectivity index (χ3n) is 3.93. The number of hydrogen-bond donors (Lipinski definition) is 0. The summed E-state index contributed by atoms with van der Waals surface area (Å²) in [6.07, 6.45) is 2.55. The standard InChI is InChI=1S/C19H20N2O/c1-2-21(17-9-4-3-5-10-17)19(22)13-15-20-14-12-16-8-6-7-11-18(16)20/h3-12,14H,2,13,15H2,1H3. The molecule has 3 rings (SSSR count). The maximum Gasteiger partial charge on any atom is 0.228 e. The van der Waals surface area contributed by atoms with E-state index in [1.165, 1.54) is 10.9 Å². The summed E-state index contributed by atoms with van der Waals surface area (Å²) in [4.78, 5) is 14.4. The minimum atomic E-state index is 0.159. The lowest BCUT2D eigenvalue weighted by Crippen LogP contribution is -2.31. The number of anilines is 1. The van der Waals surface area contributed by atoms with E-state index in [0.717, 1.165) is 5.69 Å². The largest absolute Gasteiger partial charge is 0.347 e. The van der Waals surface area contributed by atoms with Crippen LogP contribution in [-0.4, -0.2) is 17.0 Å². The predicted octanol–water partition coefficient (Wildman–Crippen LogP) is 4.08. The molecule has 22 heavy (non-hydrogen) atoms. The van der Waals surface area contributed by atoms with Gasteiger partial charge in [-0.15, -0.1) is 0 Å². The van der Waals surface area contributed by atoms with Crippen LogP contribution in [-0.2, 0) is 11.3 Å². The molecule has 1 heterocycles. The van der Waals surface area contributed by atoms with Crippen molar-refractivity contribution < 1.29 is 4.79 Å². The van der Waals surface area contributed by atoms with Gasteiger partial charge in [0, 0.05) is 36.9 Å². The van der Waals surface area contributed by atoms with Crippen LogP contribution in [0.25, 0.3) is 10.9 Å². The first-order valence-electron chi connectivity index (χ1n) is 7.69. The third kappa shape index (κ3) is 2.89. The van der Waals surface area contributed by atoms with Crippen LogP contribution < -0.4 is 4.90 Å². The van der Waals surface area contributed by atoms with Gasteiger partial charge >= 0.3 is 0 Å². The first kappa shape index (κ1) is 14.4. The molecule has 1 aromatic heterocycles. The molecule has 0 bridgehead atoms. The molecule has 0 aliphatic rings. The molecule has 3 heteroatoms. The number of benzene rings is 2. The molecule has 0 aliphatic heterocycles. The van der Waals surface area contributed by atoms with Crippen LogP contribution in [0.4, 0.5) is 5.69 Å².